The van der Waals surface area contributed by atoms with Gasteiger partial charge in [-0.05, 0) is 36.4 Å². The number of thiazole rings is 1. The Bertz CT molecular complexity index is 1170. The van der Waals surface area contributed by atoms with Gasteiger partial charge in [-0.25, -0.2) is 4.98 Å². The molecule has 1 fully saturated rings. The number of nitrogens with one attached hydrogen (secondary N) is 1. The van der Waals surface area contributed by atoms with E-state index in [4.69, 9.17) is 4.74 Å². The molecule has 2 heterocycles. The Balaban J connectivity index is 1.56. The van der Waals surface area contributed by atoms with Gasteiger partial charge in [-0.3, -0.25) is 4.79 Å². The molecule has 1 aliphatic heterocycles. The first-order valence-corrected chi connectivity index (χ1v) is 10.6. The first kappa shape index (κ1) is 23.5. The first-order chi connectivity index (χ1) is 15.6. The third-order valence-corrected chi connectivity index (χ3v) is 6.35. The molecule has 1 aliphatic rings. The number of rotatable bonds is 4. The van der Waals surface area contributed by atoms with E-state index in [1.807, 2.05) is 0 Å². The topological polar surface area (TPSA) is 132 Å². The van der Waals surface area contributed by atoms with E-state index in [0.29, 0.717) is 10.2 Å². The molecule has 3 aromatic rings. The number of amides is 1. The van der Waals surface area contributed by atoms with Gasteiger partial charge >= 0.3 is 6.18 Å². The Morgan fingerprint density at radius 2 is 1.85 bits per heavy atom. The average Bonchev–Trinajstić information content (AvgIpc) is 3.20. The van der Waals surface area contributed by atoms with Crippen LogP contribution in [0.3, 0.4) is 0 Å². The summed E-state index contributed by atoms with van der Waals surface area (Å²) < 4.78 is 44.8. The molecule has 1 aromatic heterocycles. The van der Waals surface area contributed by atoms with Crippen LogP contribution in [0.5, 0.6) is 0 Å². The number of carbonyl (C=O) groups is 1. The van der Waals surface area contributed by atoms with Gasteiger partial charge in [0.1, 0.15) is 35.5 Å². The summed E-state index contributed by atoms with van der Waals surface area (Å²) in [5.41, 5.74) is -0.399. The van der Waals surface area contributed by atoms with E-state index in [-0.39, 0.29) is 16.3 Å². The quantitative estimate of drug-likeness (QED) is 0.383. The zero-order valence-corrected chi connectivity index (χ0v) is 17.5. The smallest absolute Gasteiger partial charge is 0.394 e. The fraction of sp³-hybridized carbons (Fsp3) is 0.333. The summed E-state index contributed by atoms with van der Waals surface area (Å²) in [6, 6.07) is 8.75. The van der Waals surface area contributed by atoms with E-state index in [2.05, 4.69) is 10.3 Å². The fourth-order valence-corrected chi connectivity index (χ4v) is 4.52. The number of anilines is 1. The van der Waals surface area contributed by atoms with E-state index < -0.39 is 54.8 Å². The molecule has 5 N–H and O–H groups in total. The molecule has 4 rings (SSSR count). The van der Waals surface area contributed by atoms with Crippen molar-refractivity contribution in [1.82, 2.24) is 4.98 Å². The summed E-state index contributed by atoms with van der Waals surface area (Å²) in [5, 5.41) is 42.2. The van der Waals surface area contributed by atoms with Crippen LogP contribution in [0, 0.1) is 0 Å². The Morgan fingerprint density at radius 1 is 1.09 bits per heavy atom. The van der Waals surface area contributed by atoms with Crippen LogP contribution in [0.4, 0.5) is 18.9 Å². The highest BCUT2D eigenvalue weighted by atomic mass is 32.1. The molecule has 0 aliphatic carbocycles. The van der Waals surface area contributed by atoms with E-state index in [9.17, 15) is 38.4 Å². The van der Waals surface area contributed by atoms with Crippen molar-refractivity contribution < 1.29 is 43.1 Å². The molecule has 12 heteroatoms. The number of aromatic nitrogens is 1. The molecule has 1 saturated heterocycles. The molecule has 0 spiro atoms. The lowest BCUT2D eigenvalue weighted by molar-refractivity contribution is -0.231. The standard InChI is InChI=1S/C21H19F3N2O6S/c22-21(23,24)10-2-1-3-11(7-10)25-19(31)9-4-5-14-12(6-9)26-20(33-14)18-17(30)16(29)15(28)13(8-27)32-18/h1-7,13,15-18,27-30H,8H2,(H,25,31)/t13-,15+,16+,17-,18-/m1/s1. The maximum absolute atomic E-state index is 12.9. The van der Waals surface area contributed by atoms with Crippen molar-refractivity contribution in [3.05, 3.63) is 58.6 Å². The van der Waals surface area contributed by atoms with E-state index in [1.54, 1.807) is 6.07 Å². The normalized spacial score (nSPS) is 25.8. The van der Waals surface area contributed by atoms with E-state index in [1.165, 1.54) is 24.3 Å². The first-order valence-electron chi connectivity index (χ1n) is 9.78. The third-order valence-electron chi connectivity index (χ3n) is 5.25. The number of halogens is 3. The van der Waals surface area contributed by atoms with Crippen LogP contribution in [0.2, 0.25) is 0 Å². The van der Waals surface area contributed by atoms with Gasteiger partial charge in [-0.2, -0.15) is 13.2 Å². The number of benzene rings is 2. The van der Waals surface area contributed by atoms with Gasteiger partial charge in [0.25, 0.3) is 5.91 Å². The molecule has 0 bridgehead atoms. The monoisotopic (exact) mass is 484 g/mol. The van der Waals surface area contributed by atoms with Crippen molar-refractivity contribution in [2.45, 2.75) is 36.7 Å². The maximum Gasteiger partial charge on any atom is 0.416 e. The van der Waals surface area contributed by atoms with Crippen LogP contribution in [-0.4, -0.2) is 62.3 Å². The van der Waals surface area contributed by atoms with E-state index >= 15 is 0 Å². The minimum Gasteiger partial charge on any atom is -0.394 e. The summed E-state index contributed by atoms with van der Waals surface area (Å²) in [6.45, 7) is -0.577. The van der Waals surface area contributed by atoms with Gasteiger partial charge in [0.05, 0.1) is 22.4 Å². The Kier molecular flexibility index (Phi) is 6.40. The second-order valence-electron chi connectivity index (χ2n) is 7.52. The van der Waals surface area contributed by atoms with Gasteiger partial charge in [-0.15, -0.1) is 11.3 Å². The van der Waals surface area contributed by atoms with Gasteiger partial charge < -0.3 is 30.5 Å². The van der Waals surface area contributed by atoms with Gasteiger partial charge in [0.15, 0.2) is 0 Å². The molecular formula is C21H19F3N2O6S. The Morgan fingerprint density at radius 3 is 2.55 bits per heavy atom. The summed E-state index contributed by atoms with van der Waals surface area (Å²) in [4.78, 5) is 16.9. The number of fused-ring (bicyclic) bond motifs is 1. The van der Waals surface area contributed by atoms with Crippen LogP contribution in [0.25, 0.3) is 10.2 Å². The second kappa shape index (κ2) is 8.97. The predicted molar refractivity (Wildman–Crippen MR) is 112 cm³/mol. The van der Waals surface area contributed by atoms with Gasteiger partial charge in [0.2, 0.25) is 0 Å². The lowest BCUT2D eigenvalue weighted by Gasteiger charge is -2.39. The summed E-state index contributed by atoms with van der Waals surface area (Å²) >= 11 is 1.13. The molecule has 2 aromatic carbocycles. The molecule has 5 atom stereocenters. The number of nitrogens with zero attached hydrogens (tertiary/aromatic N) is 1. The lowest BCUT2D eigenvalue weighted by atomic mass is 9.95. The highest BCUT2D eigenvalue weighted by Crippen LogP contribution is 2.37. The number of hydrogen-bond donors (Lipinski definition) is 5. The third kappa shape index (κ3) is 4.71. The summed E-state index contributed by atoms with van der Waals surface area (Å²) in [5.74, 6) is -0.640. The summed E-state index contributed by atoms with van der Waals surface area (Å²) in [6.07, 6.45) is -11.3. The molecule has 33 heavy (non-hydrogen) atoms. The SMILES string of the molecule is O=C(Nc1cccc(C(F)(F)F)c1)c1ccc2sc([C@@H]3O[C@H](CO)[C@H](O)[C@H](O)[C@H]3O)nc2c1. The molecule has 0 saturated carbocycles. The van der Waals surface area contributed by atoms with Gasteiger partial charge in [-0.1, -0.05) is 6.07 Å². The fourth-order valence-electron chi connectivity index (χ4n) is 3.49. The van der Waals surface area contributed by atoms with Crippen LogP contribution >= 0.6 is 11.3 Å². The molecule has 8 nitrogen and oxygen atoms in total. The molecule has 0 unspecified atom stereocenters. The number of aliphatic hydroxyl groups excluding tert-OH is 4. The van der Waals surface area contributed by atoms with Crippen molar-refractivity contribution in [2.75, 3.05) is 11.9 Å². The highest BCUT2D eigenvalue weighted by Gasteiger charge is 2.45. The van der Waals surface area contributed by atoms with Crippen molar-refractivity contribution in [3.8, 4) is 0 Å². The molecule has 0 radical (unpaired) electrons. The predicted octanol–water partition coefficient (Wildman–Crippen LogP) is 2.08. The van der Waals surface area contributed by atoms with E-state index in [0.717, 1.165) is 23.5 Å². The van der Waals surface area contributed by atoms with Crippen LogP contribution in [0.15, 0.2) is 42.5 Å². The number of hydrogen-bond acceptors (Lipinski definition) is 8. The average molecular weight is 484 g/mol. The minimum atomic E-state index is -4.54. The van der Waals surface area contributed by atoms with Crippen LogP contribution in [-0.2, 0) is 10.9 Å². The van der Waals surface area contributed by atoms with Crippen molar-refractivity contribution in [1.29, 1.82) is 0 Å². The van der Waals surface area contributed by atoms with Crippen molar-refractivity contribution in [3.63, 3.8) is 0 Å². The largest absolute Gasteiger partial charge is 0.416 e. The van der Waals surface area contributed by atoms with Crippen molar-refractivity contribution >= 4 is 33.1 Å². The molecule has 176 valence electrons. The number of alkyl halides is 3. The Hall–Kier alpha value is -2.61. The second-order valence-corrected chi connectivity index (χ2v) is 8.58. The zero-order valence-electron chi connectivity index (χ0n) is 16.7. The number of carbonyl (C=O) groups excluding carboxylic acids is 1. The Labute approximate surface area is 188 Å². The van der Waals surface area contributed by atoms with Crippen molar-refractivity contribution in [2.24, 2.45) is 0 Å². The minimum absolute atomic E-state index is 0.0183. The van der Waals surface area contributed by atoms with Crippen LogP contribution in [0.1, 0.15) is 27.0 Å². The van der Waals surface area contributed by atoms with Gasteiger partial charge in [0, 0.05) is 11.3 Å². The van der Waals surface area contributed by atoms with Crippen LogP contribution < -0.4 is 5.32 Å². The number of ether oxygens (including phenoxy) is 1. The maximum atomic E-state index is 12.9. The highest BCUT2D eigenvalue weighted by molar-refractivity contribution is 7.18. The summed E-state index contributed by atoms with van der Waals surface area (Å²) in [7, 11) is 0. The molecule has 1 amide bonds. The molecular weight excluding hydrogens is 465 g/mol. The zero-order chi connectivity index (χ0) is 23.9. The lowest BCUT2D eigenvalue weighted by Crippen LogP contribution is -2.55. The number of aliphatic hydroxyl groups is 4.